The van der Waals surface area contributed by atoms with E-state index in [1.165, 1.54) is 12.8 Å². The van der Waals surface area contributed by atoms with Crippen molar-refractivity contribution in [2.45, 2.75) is 18.9 Å². The van der Waals surface area contributed by atoms with Crippen LogP contribution in [0.5, 0.6) is 0 Å². The monoisotopic (exact) mass is 142 g/mol. The van der Waals surface area contributed by atoms with E-state index in [1.807, 2.05) is 0 Å². The first kappa shape index (κ1) is 7.54. The van der Waals surface area contributed by atoms with Gasteiger partial charge in [0.25, 0.3) is 0 Å². The molecule has 1 aliphatic rings. The van der Waals surface area contributed by atoms with E-state index in [9.17, 15) is 4.79 Å². The topological polar surface area (TPSA) is 32.3 Å². The zero-order chi connectivity index (χ0) is 7.56. The number of likely N-dealkylation sites (N-methyl/N-ethyl adjacent to an activating group) is 1. The van der Waals surface area contributed by atoms with E-state index in [1.54, 1.807) is 19.0 Å². The Morgan fingerprint density at radius 2 is 2.20 bits per heavy atom. The van der Waals surface area contributed by atoms with Gasteiger partial charge in [-0.25, -0.2) is 0 Å². The van der Waals surface area contributed by atoms with Crippen LogP contribution in [-0.4, -0.2) is 37.5 Å². The minimum absolute atomic E-state index is 0.159. The molecule has 0 aliphatic heterocycles. The van der Waals surface area contributed by atoms with Gasteiger partial charge >= 0.3 is 0 Å². The summed E-state index contributed by atoms with van der Waals surface area (Å²) >= 11 is 0. The highest BCUT2D eigenvalue weighted by Crippen LogP contribution is 2.17. The van der Waals surface area contributed by atoms with Crippen LogP contribution in [0.2, 0.25) is 0 Å². The second-order valence-electron chi connectivity index (χ2n) is 2.94. The molecule has 0 spiro atoms. The summed E-state index contributed by atoms with van der Waals surface area (Å²) in [5.74, 6) is 0.159. The zero-order valence-electron chi connectivity index (χ0n) is 6.55. The predicted octanol–water partition coefficient (Wildman–Crippen LogP) is -0.173. The van der Waals surface area contributed by atoms with Gasteiger partial charge in [0.15, 0.2) is 0 Å². The predicted molar refractivity (Wildman–Crippen MR) is 39.7 cm³/mol. The van der Waals surface area contributed by atoms with Crippen LogP contribution in [0.4, 0.5) is 0 Å². The van der Waals surface area contributed by atoms with E-state index in [4.69, 9.17) is 0 Å². The summed E-state index contributed by atoms with van der Waals surface area (Å²) < 4.78 is 0. The van der Waals surface area contributed by atoms with Crippen molar-refractivity contribution in [1.82, 2.24) is 10.2 Å². The van der Waals surface area contributed by atoms with E-state index in [2.05, 4.69) is 5.32 Å². The highest BCUT2D eigenvalue weighted by Gasteiger charge is 2.21. The van der Waals surface area contributed by atoms with Crippen LogP contribution < -0.4 is 5.32 Å². The third-order valence-electron chi connectivity index (χ3n) is 1.62. The number of hydrogen-bond acceptors (Lipinski definition) is 2. The van der Waals surface area contributed by atoms with Gasteiger partial charge in [0.05, 0.1) is 6.54 Å². The van der Waals surface area contributed by atoms with Crippen LogP contribution in [0.25, 0.3) is 0 Å². The molecule has 1 aliphatic carbocycles. The molecule has 0 radical (unpaired) electrons. The standard InChI is InChI=1S/C7H14N2O/c1-9(2)7(10)5-8-6-3-4-6/h6,8H,3-5H2,1-2H3. The summed E-state index contributed by atoms with van der Waals surface area (Å²) in [7, 11) is 3.55. The molecule has 0 aromatic carbocycles. The van der Waals surface area contributed by atoms with Crippen molar-refractivity contribution < 1.29 is 4.79 Å². The molecular weight excluding hydrogens is 128 g/mol. The van der Waals surface area contributed by atoms with Crippen LogP contribution in [0.1, 0.15) is 12.8 Å². The van der Waals surface area contributed by atoms with Crippen molar-refractivity contribution in [2.75, 3.05) is 20.6 Å². The Kier molecular flexibility index (Phi) is 2.27. The Morgan fingerprint density at radius 3 is 2.60 bits per heavy atom. The largest absolute Gasteiger partial charge is 0.348 e. The molecule has 0 aromatic heterocycles. The van der Waals surface area contributed by atoms with Gasteiger partial charge in [-0.05, 0) is 12.8 Å². The minimum atomic E-state index is 0.159. The third kappa shape index (κ3) is 2.35. The van der Waals surface area contributed by atoms with Gasteiger partial charge in [-0.1, -0.05) is 0 Å². The first-order valence-corrected chi connectivity index (χ1v) is 3.63. The molecule has 1 fully saturated rings. The van der Waals surface area contributed by atoms with Crippen molar-refractivity contribution in [2.24, 2.45) is 0 Å². The van der Waals surface area contributed by atoms with Gasteiger partial charge in [-0.15, -0.1) is 0 Å². The first-order valence-electron chi connectivity index (χ1n) is 3.63. The quantitative estimate of drug-likeness (QED) is 0.593. The lowest BCUT2D eigenvalue weighted by molar-refractivity contribution is -0.127. The molecule has 1 N–H and O–H groups in total. The van der Waals surface area contributed by atoms with Crippen molar-refractivity contribution in [1.29, 1.82) is 0 Å². The lowest BCUT2D eigenvalue weighted by Crippen LogP contribution is -2.33. The summed E-state index contributed by atoms with van der Waals surface area (Å²) in [6.07, 6.45) is 2.47. The fourth-order valence-electron chi connectivity index (χ4n) is 0.677. The first-order chi connectivity index (χ1) is 4.70. The summed E-state index contributed by atoms with van der Waals surface area (Å²) in [4.78, 5) is 12.5. The fraction of sp³-hybridized carbons (Fsp3) is 0.857. The fourth-order valence-corrected chi connectivity index (χ4v) is 0.677. The lowest BCUT2D eigenvalue weighted by atomic mass is 10.5. The maximum Gasteiger partial charge on any atom is 0.236 e. The SMILES string of the molecule is CN(C)C(=O)CNC1CC1. The van der Waals surface area contributed by atoms with E-state index in [0.717, 1.165) is 0 Å². The molecule has 0 unspecified atom stereocenters. The smallest absolute Gasteiger partial charge is 0.236 e. The Hall–Kier alpha value is -0.570. The van der Waals surface area contributed by atoms with E-state index in [0.29, 0.717) is 12.6 Å². The third-order valence-corrected chi connectivity index (χ3v) is 1.62. The van der Waals surface area contributed by atoms with Gasteiger partial charge in [0, 0.05) is 20.1 Å². The summed E-state index contributed by atoms with van der Waals surface area (Å²) in [5.41, 5.74) is 0. The molecule has 3 nitrogen and oxygen atoms in total. The van der Waals surface area contributed by atoms with Crippen LogP contribution in [0.3, 0.4) is 0 Å². The molecular formula is C7H14N2O. The number of carbonyl (C=O) groups is 1. The molecule has 0 saturated heterocycles. The average molecular weight is 142 g/mol. The molecule has 1 amide bonds. The second kappa shape index (κ2) is 3.01. The maximum atomic E-state index is 10.9. The Labute approximate surface area is 61.4 Å². The highest BCUT2D eigenvalue weighted by atomic mass is 16.2. The van der Waals surface area contributed by atoms with Crippen LogP contribution >= 0.6 is 0 Å². The molecule has 3 heteroatoms. The van der Waals surface area contributed by atoms with Gasteiger partial charge in [0.1, 0.15) is 0 Å². The molecule has 10 heavy (non-hydrogen) atoms. The molecule has 0 heterocycles. The second-order valence-corrected chi connectivity index (χ2v) is 2.94. The molecule has 58 valence electrons. The van der Waals surface area contributed by atoms with Crippen LogP contribution in [0, 0.1) is 0 Å². The normalized spacial score (nSPS) is 17.0. The number of rotatable bonds is 3. The lowest BCUT2D eigenvalue weighted by Gasteiger charge is -2.09. The number of nitrogens with zero attached hydrogens (tertiary/aromatic N) is 1. The van der Waals surface area contributed by atoms with Crippen LogP contribution in [0.15, 0.2) is 0 Å². The summed E-state index contributed by atoms with van der Waals surface area (Å²) in [6.45, 7) is 0.498. The van der Waals surface area contributed by atoms with Crippen molar-refractivity contribution in [3.8, 4) is 0 Å². The van der Waals surface area contributed by atoms with Crippen molar-refractivity contribution >= 4 is 5.91 Å². The Morgan fingerprint density at radius 1 is 1.60 bits per heavy atom. The molecule has 1 rings (SSSR count). The van der Waals surface area contributed by atoms with Gasteiger partial charge in [-0.2, -0.15) is 0 Å². The van der Waals surface area contributed by atoms with E-state index >= 15 is 0 Å². The average Bonchev–Trinajstić information content (AvgIpc) is 2.64. The number of carbonyl (C=O) groups excluding carboxylic acids is 1. The minimum Gasteiger partial charge on any atom is -0.348 e. The summed E-state index contributed by atoms with van der Waals surface area (Å²) in [5, 5.41) is 3.15. The maximum absolute atomic E-state index is 10.9. The van der Waals surface area contributed by atoms with E-state index in [-0.39, 0.29) is 5.91 Å². The van der Waals surface area contributed by atoms with Gasteiger partial charge in [-0.3, -0.25) is 4.79 Å². The van der Waals surface area contributed by atoms with Gasteiger partial charge < -0.3 is 10.2 Å². The molecule has 0 aromatic rings. The molecule has 0 atom stereocenters. The number of nitrogens with one attached hydrogen (secondary N) is 1. The van der Waals surface area contributed by atoms with Crippen molar-refractivity contribution in [3.63, 3.8) is 0 Å². The van der Waals surface area contributed by atoms with Gasteiger partial charge in [0.2, 0.25) is 5.91 Å². The number of hydrogen-bond donors (Lipinski definition) is 1. The van der Waals surface area contributed by atoms with Crippen molar-refractivity contribution in [3.05, 3.63) is 0 Å². The number of amides is 1. The summed E-state index contributed by atoms with van der Waals surface area (Å²) in [6, 6.07) is 0.629. The molecule has 0 bridgehead atoms. The zero-order valence-corrected chi connectivity index (χ0v) is 6.55. The highest BCUT2D eigenvalue weighted by molar-refractivity contribution is 5.77. The Balaban J connectivity index is 2.05. The van der Waals surface area contributed by atoms with E-state index < -0.39 is 0 Å². The van der Waals surface area contributed by atoms with Crippen LogP contribution in [-0.2, 0) is 4.79 Å². The Bertz CT molecular complexity index is 130. The molecule has 1 saturated carbocycles.